The number of esters is 7. The highest BCUT2D eigenvalue weighted by Crippen LogP contribution is 2.37. The molecule has 1 aromatic heterocycles. The number of rotatable bonds is 14. The second-order valence-electron chi connectivity index (χ2n) is 13.8. The zero-order chi connectivity index (χ0) is 45.4. The van der Waals surface area contributed by atoms with Crippen molar-refractivity contribution in [3.8, 4) is 28.6 Å². The Labute approximate surface area is 352 Å². The summed E-state index contributed by atoms with van der Waals surface area (Å²) in [6.07, 6.45) is -13.9. The first-order valence-electron chi connectivity index (χ1n) is 18.9. The van der Waals surface area contributed by atoms with Gasteiger partial charge in [0.25, 0.3) is 0 Å². The lowest BCUT2D eigenvalue weighted by atomic mass is 9.98. The van der Waals surface area contributed by atoms with Crippen LogP contribution >= 0.6 is 0 Å². The zero-order valence-corrected chi connectivity index (χ0v) is 34.7. The van der Waals surface area contributed by atoms with E-state index < -0.39 is 116 Å². The molecule has 2 fully saturated rings. The van der Waals surface area contributed by atoms with Crippen LogP contribution in [-0.4, -0.2) is 117 Å². The van der Waals surface area contributed by atoms with Crippen molar-refractivity contribution in [2.75, 3.05) is 20.3 Å². The van der Waals surface area contributed by atoms with E-state index in [1.807, 2.05) is 0 Å². The maximum Gasteiger partial charge on any atom is 0.308 e. The minimum absolute atomic E-state index is 0.0275. The van der Waals surface area contributed by atoms with Crippen LogP contribution in [0.2, 0.25) is 0 Å². The standard InChI is InChI=1S/C41H44O21/c1-18(42)53-26-11-9-25(10-12-26)29-15-28(49)34-30(60-29)13-27(50-8)14-31(34)61-41-39(59-24(7)48)37(57-22(5)46)35(55-20(3)44)33(62-41)17-52-40-38(58-23(6)47)36(56-21(4)45)32(16-51-40)54-19(2)43/h9-15,32-33,35-41H,16-17H2,1-8H3/t32-,33-,35-,36+,37+,38-,39-,40+,41-/m1/s1. The van der Waals surface area contributed by atoms with Gasteiger partial charge in [0.1, 0.15) is 40.1 Å². The third-order valence-corrected chi connectivity index (χ3v) is 8.87. The molecule has 2 aliphatic heterocycles. The smallest absolute Gasteiger partial charge is 0.308 e. The summed E-state index contributed by atoms with van der Waals surface area (Å²) in [4.78, 5) is 99.2. The fourth-order valence-corrected chi connectivity index (χ4v) is 6.69. The molecule has 334 valence electrons. The number of carbonyl (C=O) groups excluding carboxylic acids is 7. The Balaban J connectivity index is 1.55. The van der Waals surface area contributed by atoms with Gasteiger partial charge in [-0.3, -0.25) is 38.4 Å². The van der Waals surface area contributed by atoms with E-state index in [9.17, 15) is 38.4 Å². The van der Waals surface area contributed by atoms with E-state index in [1.54, 1.807) is 12.1 Å². The molecule has 21 nitrogen and oxygen atoms in total. The van der Waals surface area contributed by atoms with E-state index in [0.717, 1.165) is 41.5 Å². The van der Waals surface area contributed by atoms with Gasteiger partial charge in [0, 0.05) is 72.2 Å². The zero-order valence-electron chi connectivity index (χ0n) is 34.7. The Hall–Kier alpha value is -6.58. The monoisotopic (exact) mass is 872 g/mol. The van der Waals surface area contributed by atoms with Gasteiger partial charge in [0.05, 0.1) is 20.3 Å². The molecule has 2 aromatic carbocycles. The van der Waals surface area contributed by atoms with Crippen LogP contribution in [0, 0.1) is 0 Å². The average molecular weight is 873 g/mol. The van der Waals surface area contributed by atoms with Crippen molar-refractivity contribution in [2.24, 2.45) is 0 Å². The van der Waals surface area contributed by atoms with Crippen LogP contribution < -0.4 is 19.6 Å². The van der Waals surface area contributed by atoms with Crippen molar-refractivity contribution in [3.63, 3.8) is 0 Å². The van der Waals surface area contributed by atoms with Crippen LogP contribution in [0.15, 0.2) is 51.7 Å². The molecule has 0 bridgehead atoms. The van der Waals surface area contributed by atoms with E-state index in [2.05, 4.69) is 0 Å². The first-order chi connectivity index (χ1) is 29.3. The number of hydrogen-bond acceptors (Lipinski definition) is 21. The Morgan fingerprint density at radius 3 is 1.73 bits per heavy atom. The van der Waals surface area contributed by atoms with Gasteiger partial charge in [-0.1, -0.05) is 0 Å². The Kier molecular flexibility index (Phi) is 15.2. The van der Waals surface area contributed by atoms with Crippen LogP contribution in [-0.2, 0) is 76.2 Å². The van der Waals surface area contributed by atoms with Gasteiger partial charge in [-0.2, -0.15) is 0 Å². The van der Waals surface area contributed by atoms with Gasteiger partial charge < -0.3 is 61.3 Å². The number of carbonyl (C=O) groups is 7. The maximum atomic E-state index is 13.9. The van der Waals surface area contributed by atoms with Crippen molar-refractivity contribution in [3.05, 3.63) is 52.7 Å². The van der Waals surface area contributed by atoms with Crippen molar-refractivity contribution in [1.29, 1.82) is 0 Å². The minimum Gasteiger partial charge on any atom is -0.496 e. The molecule has 0 saturated carbocycles. The van der Waals surface area contributed by atoms with Crippen LogP contribution in [0.4, 0.5) is 0 Å². The molecular formula is C41H44O21. The van der Waals surface area contributed by atoms with Crippen molar-refractivity contribution in [1.82, 2.24) is 0 Å². The lowest BCUT2D eigenvalue weighted by Crippen LogP contribution is -2.64. The quantitative estimate of drug-likeness (QED) is 0.128. The van der Waals surface area contributed by atoms with Crippen LogP contribution in [0.1, 0.15) is 48.5 Å². The van der Waals surface area contributed by atoms with Gasteiger partial charge in [-0.15, -0.1) is 0 Å². The van der Waals surface area contributed by atoms with Gasteiger partial charge in [-0.05, 0) is 24.3 Å². The van der Waals surface area contributed by atoms with Crippen LogP contribution in [0.5, 0.6) is 17.2 Å². The van der Waals surface area contributed by atoms with Crippen LogP contribution in [0.3, 0.4) is 0 Å². The van der Waals surface area contributed by atoms with Gasteiger partial charge >= 0.3 is 41.8 Å². The molecule has 21 heteroatoms. The fraction of sp³-hybridized carbons (Fsp3) is 0.463. The normalized spacial score (nSPS) is 24.4. The molecule has 0 N–H and O–H groups in total. The molecule has 0 aliphatic carbocycles. The van der Waals surface area contributed by atoms with Gasteiger partial charge in [-0.25, -0.2) is 0 Å². The second-order valence-corrected chi connectivity index (χ2v) is 13.8. The number of benzene rings is 2. The largest absolute Gasteiger partial charge is 0.496 e. The molecule has 0 amide bonds. The summed E-state index contributed by atoms with van der Waals surface area (Å²) in [5, 5.41) is -0.131. The molecular weight excluding hydrogens is 828 g/mol. The molecule has 0 unspecified atom stereocenters. The van der Waals surface area contributed by atoms with E-state index in [0.29, 0.717) is 5.56 Å². The summed E-state index contributed by atoms with van der Waals surface area (Å²) in [5.74, 6) is -5.36. The first kappa shape index (κ1) is 46.5. The van der Waals surface area contributed by atoms with Crippen molar-refractivity contribution < 1.29 is 94.8 Å². The molecule has 3 heterocycles. The molecule has 0 radical (unpaired) electrons. The SMILES string of the molecule is COc1cc(O[C@@H]2O[C@H](CO[C@@H]3OC[C@@H](OC(C)=O)[C@H](OC(C)=O)[C@H]3OC(C)=O)[C@@H](OC(C)=O)[C@H](OC(C)=O)[C@H]2OC(C)=O)c2c(=O)cc(-c3ccc(OC(C)=O)cc3)oc2c1. The number of methoxy groups -OCH3 is 1. The predicted molar refractivity (Wildman–Crippen MR) is 204 cm³/mol. The topological polar surface area (TPSA) is 260 Å². The summed E-state index contributed by atoms with van der Waals surface area (Å²) < 4.78 is 73.8. The van der Waals surface area contributed by atoms with Gasteiger partial charge in [0.2, 0.25) is 12.4 Å². The highest BCUT2D eigenvalue weighted by molar-refractivity contribution is 5.86. The lowest BCUT2D eigenvalue weighted by molar-refractivity contribution is -0.313. The average Bonchev–Trinajstić information content (AvgIpc) is 3.16. The van der Waals surface area contributed by atoms with Gasteiger partial charge in [0.15, 0.2) is 42.2 Å². The predicted octanol–water partition coefficient (Wildman–Crippen LogP) is 2.46. The number of ether oxygens (including phenoxy) is 12. The summed E-state index contributed by atoms with van der Waals surface area (Å²) >= 11 is 0. The van der Waals surface area contributed by atoms with Crippen molar-refractivity contribution in [2.45, 2.75) is 104 Å². The van der Waals surface area contributed by atoms with E-state index in [-0.39, 0.29) is 34.0 Å². The first-order valence-corrected chi connectivity index (χ1v) is 18.9. The summed E-state index contributed by atoms with van der Waals surface area (Å²) in [5.41, 5.74) is -0.198. The third-order valence-electron chi connectivity index (χ3n) is 8.87. The molecule has 2 saturated heterocycles. The fourth-order valence-electron chi connectivity index (χ4n) is 6.69. The minimum atomic E-state index is -1.77. The molecule has 2 aliphatic rings. The second kappa shape index (κ2) is 20.3. The highest BCUT2D eigenvalue weighted by Gasteiger charge is 2.54. The Bertz CT molecular complexity index is 2230. The summed E-state index contributed by atoms with van der Waals surface area (Å²) in [6.45, 7) is 6.60. The van der Waals surface area contributed by atoms with E-state index in [1.165, 1.54) is 44.4 Å². The molecule has 62 heavy (non-hydrogen) atoms. The Morgan fingerprint density at radius 1 is 0.613 bits per heavy atom. The maximum absolute atomic E-state index is 13.9. The molecule has 3 aromatic rings. The molecule has 5 rings (SSSR count). The molecule has 0 spiro atoms. The lowest BCUT2D eigenvalue weighted by Gasteiger charge is -2.45. The van der Waals surface area contributed by atoms with E-state index >= 15 is 0 Å². The number of fused-ring (bicyclic) bond motifs is 1. The highest BCUT2D eigenvalue weighted by atomic mass is 16.8. The number of hydrogen-bond donors (Lipinski definition) is 0. The van der Waals surface area contributed by atoms with Crippen LogP contribution in [0.25, 0.3) is 22.3 Å². The Morgan fingerprint density at radius 2 is 1.16 bits per heavy atom. The van der Waals surface area contributed by atoms with E-state index in [4.69, 9.17) is 61.3 Å². The van der Waals surface area contributed by atoms with Crippen molar-refractivity contribution >= 4 is 52.8 Å². The summed E-state index contributed by atoms with van der Waals surface area (Å²) in [7, 11) is 1.34. The summed E-state index contributed by atoms with van der Waals surface area (Å²) in [6, 6.07) is 10.1. The third kappa shape index (κ3) is 11.8. The molecule has 9 atom stereocenters.